The largest absolute Gasteiger partial charge is 0.343 e. The van der Waals surface area contributed by atoms with E-state index in [1.54, 1.807) is 18.2 Å². The molecule has 0 saturated carbocycles. The molecule has 0 amide bonds. The van der Waals surface area contributed by atoms with Gasteiger partial charge in [0.1, 0.15) is 6.07 Å². The highest BCUT2D eigenvalue weighted by Gasteiger charge is 2.19. The van der Waals surface area contributed by atoms with Crippen LogP contribution >= 0.6 is 0 Å². The Morgan fingerprint density at radius 3 is 2.44 bits per heavy atom. The van der Waals surface area contributed by atoms with Crippen LogP contribution in [0.1, 0.15) is 22.5 Å². The number of nitriles is 1. The zero-order valence-electron chi connectivity index (χ0n) is 13.9. The molecule has 2 aromatic heterocycles. The summed E-state index contributed by atoms with van der Waals surface area (Å²) in [6.45, 7) is 11.4. The van der Waals surface area contributed by atoms with E-state index in [2.05, 4.69) is 15.9 Å². The summed E-state index contributed by atoms with van der Waals surface area (Å²) < 4.78 is 15.0. The zero-order chi connectivity index (χ0) is 18.0. The SMILES string of the molecule is [C-]#[N+]c1ccc(-c2c(C#N)c(C)n(Cc3ccc(F)nc3)c2C)cc1. The lowest BCUT2D eigenvalue weighted by molar-refractivity contribution is 0.581. The van der Waals surface area contributed by atoms with Gasteiger partial charge in [-0.05, 0) is 31.0 Å². The predicted octanol–water partition coefficient (Wildman–Crippen LogP) is 4.78. The first kappa shape index (κ1) is 16.4. The number of benzene rings is 1. The molecular weight excluding hydrogens is 315 g/mol. The van der Waals surface area contributed by atoms with Crippen molar-refractivity contribution in [2.45, 2.75) is 20.4 Å². The highest BCUT2D eigenvalue weighted by atomic mass is 19.1. The van der Waals surface area contributed by atoms with Crippen LogP contribution in [0, 0.1) is 37.7 Å². The molecule has 0 bridgehead atoms. The van der Waals surface area contributed by atoms with E-state index in [1.807, 2.05) is 30.5 Å². The van der Waals surface area contributed by atoms with E-state index in [9.17, 15) is 9.65 Å². The summed E-state index contributed by atoms with van der Waals surface area (Å²) >= 11 is 0. The molecule has 3 aromatic rings. The van der Waals surface area contributed by atoms with Gasteiger partial charge in [0.25, 0.3) is 0 Å². The van der Waals surface area contributed by atoms with E-state index < -0.39 is 5.95 Å². The molecule has 0 unspecified atom stereocenters. The number of hydrogen-bond donors (Lipinski definition) is 0. The first-order valence-electron chi connectivity index (χ1n) is 7.73. The fourth-order valence-corrected chi connectivity index (χ4v) is 3.00. The van der Waals surface area contributed by atoms with Crippen LogP contribution in [-0.4, -0.2) is 9.55 Å². The lowest BCUT2D eigenvalue weighted by Gasteiger charge is -2.10. The van der Waals surface area contributed by atoms with Crippen LogP contribution in [0.25, 0.3) is 16.0 Å². The third-order valence-electron chi connectivity index (χ3n) is 4.31. The molecule has 0 N–H and O–H groups in total. The summed E-state index contributed by atoms with van der Waals surface area (Å²) in [5, 5.41) is 9.63. The number of aromatic nitrogens is 2. The zero-order valence-corrected chi connectivity index (χ0v) is 13.9. The van der Waals surface area contributed by atoms with Gasteiger partial charge in [-0.2, -0.15) is 9.65 Å². The maximum Gasteiger partial charge on any atom is 0.212 e. The van der Waals surface area contributed by atoms with Gasteiger partial charge in [0, 0.05) is 29.7 Å². The molecule has 0 saturated heterocycles. The van der Waals surface area contributed by atoms with Gasteiger partial charge in [-0.1, -0.05) is 30.3 Å². The van der Waals surface area contributed by atoms with Crippen LogP contribution in [0.3, 0.4) is 0 Å². The Labute approximate surface area is 145 Å². The van der Waals surface area contributed by atoms with Gasteiger partial charge in [-0.25, -0.2) is 9.83 Å². The summed E-state index contributed by atoms with van der Waals surface area (Å²) in [6.07, 6.45) is 1.50. The van der Waals surface area contributed by atoms with E-state index in [1.165, 1.54) is 12.3 Å². The minimum absolute atomic E-state index is 0.511. The first-order valence-corrected chi connectivity index (χ1v) is 7.73. The molecule has 25 heavy (non-hydrogen) atoms. The molecule has 0 aliphatic heterocycles. The number of halogens is 1. The van der Waals surface area contributed by atoms with E-state index >= 15 is 0 Å². The molecule has 0 aliphatic rings. The van der Waals surface area contributed by atoms with E-state index in [0.717, 1.165) is 28.1 Å². The van der Waals surface area contributed by atoms with Gasteiger partial charge in [0.15, 0.2) is 5.69 Å². The minimum atomic E-state index is -0.511. The third-order valence-corrected chi connectivity index (χ3v) is 4.31. The van der Waals surface area contributed by atoms with Crippen LogP contribution in [0.4, 0.5) is 10.1 Å². The average Bonchev–Trinajstić information content (AvgIpc) is 2.87. The molecule has 4 nitrogen and oxygen atoms in total. The van der Waals surface area contributed by atoms with E-state index in [0.29, 0.717) is 17.8 Å². The smallest absolute Gasteiger partial charge is 0.212 e. The summed E-state index contributed by atoms with van der Waals surface area (Å²) in [5.74, 6) is -0.511. The maximum atomic E-state index is 13.0. The lowest BCUT2D eigenvalue weighted by atomic mass is 10.0. The van der Waals surface area contributed by atoms with Crippen molar-refractivity contribution in [1.29, 1.82) is 5.26 Å². The highest BCUT2D eigenvalue weighted by Crippen LogP contribution is 2.33. The summed E-state index contributed by atoms with van der Waals surface area (Å²) in [6, 6.07) is 12.5. The van der Waals surface area contributed by atoms with Crippen LogP contribution in [-0.2, 0) is 6.54 Å². The molecular formula is C20H15FN4. The number of hydrogen-bond acceptors (Lipinski definition) is 2. The molecule has 3 rings (SSSR count). The van der Waals surface area contributed by atoms with Crippen molar-refractivity contribution in [3.05, 3.63) is 82.5 Å². The topological polar surface area (TPSA) is 46.0 Å². The molecule has 0 aliphatic carbocycles. The Morgan fingerprint density at radius 2 is 1.88 bits per heavy atom. The first-order chi connectivity index (χ1) is 12.0. The van der Waals surface area contributed by atoms with E-state index in [4.69, 9.17) is 6.57 Å². The number of pyridine rings is 1. The summed E-state index contributed by atoms with van der Waals surface area (Å²) in [5.41, 5.74) is 5.62. The Morgan fingerprint density at radius 1 is 1.16 bits per heavy atom. The van der Waals surface area contributed by atoms with Crippen molar-refractivity contribution >= 4 is 5.69 Å². The van der Waals surface area contributed by atoms with Gasteiger partial charge in [-0.15, -0.1) is 0 Å². The Kier molecular flexibility index (Phi) is 4.33. The second-order valence-corrected chi connectivity index (χ2v) is 5.77. The Balaban J connectivity index is 2.09. The van der Waals surface area contributed by atoms with Crippen LogP contribution in [0.15, 0.2) is 42.6 Å². The number of nitrogens with zero attached hydrogens (tertiary/aromatic N) is 4. The molecule has 0 fully saturated rings. The van der Waals surface area contributed by atoms with Crippen LogP contribution in [0.2, 0.25) is 0 Å². The maximum absolute atomic E-state index is 13.0. The monoisotopic (exact) mass is 330 g/mol. The molecule has 2 heterocycles. The van der Waals surface area contributed by atoms with Crippen molar-refractivity contribution < 1.29 is 4.39 Å². The van der Waals surface area contributed by atoms with Crippen LogP contribution in [0.5, 0.6) is 0 Å². The second-order valence-electron chi connectivity index (χ2n) is 5.77. The van der Waals surface area contributed by atoms with E-state index in [-0.39, 0.29) is 0 Å². The Hall–Kier alpha value is -3.44. The number of rotatable bonds is 3. The van der Waals surface area contributed by atoms with Gasteiger partial charge in [0.05, 0.1) is 12.1 Å². The molecule has 5 heteroatoms. The fourth-order valence-electron chi connectivity index (χ4n) is 3.00. The van der Waals surface area contributed by atoms with Crippen LogP contribution < -0.4 is 0 Å². The molecule has 0 radical (unpaired) electrons. The Bertz CT molecular complexity index is 1000. The van der Waals surface area contributed by atoms with Crippen molar-refractivity contribution in [2.24, 2.45) is 0 Å². The van der Waals surface area contributed by atoms with Crippen molar-refractivity contribution in [3.63, 3.8) is 0 Å². The second kappa shape index (κ2) is 6.59. The van der Waals surface area contributed by atoms with Gasteiger partial charge in [0.2, 0.25) is 5.95 Å². The highest BCUT2D eigenvalue weighted by molar-refractivity contribution is 5.76. The molecule has 1 aromatic carbocycles. The summed E-state index contributed by atoms with van der Waals surface area (Å²) in [4.78, 5) is 7.09. The van der Waals surface area contributed by atoms with Crippen molar-refractivity contribution in [3.8, 4) is 17.2 Å². The lowest BCUT2D eigenvalue weighted by Crippen LogP contribution is -2.04. The average molecular weight is 330 g/mol. The predicted molar refractivity (Wildman–Crippen MR) is 93.6 cm³/mol. The van der Waals surface area contributed by atoms with Crippen molar-refractivity contribution in [1.82, 2.24) is 9.55 Å². The molecule has 0 atom stereocenters. The molecule has 122 valence electrons. The van der Waals surface area contributed by atoms with Gasteiger partial charge >= 0.3 is 0 Å². The quantitative estimate of drug-likeness (QED) is 0.512. The summed E-state index contributed by atoms with van der Waals surface area (Å²) in [7, 11) is 0. The standard InChI is InChI=1S/C20H15FN4/c1-13-18(10-22)20(16-5-7-17(23-3)8-6-16)14(2)25(13)12-15-4-9-19(21)24-11-15/h4-9,11H,12H2,1-2H3. The molecule has 0 spiro atoms. The fraction of sp³-hybridized carbons (Fsp3) is 0.150. The minimum Gasteiger partial charge on any atom is -0.343 e. The van der Waals surface area contributed by atoms with Gasteiger partial charge < -0.3 is 4.57 Å². The normalized spacial score (nSPS) is 10.3. The third kappa shape index (κ3) is 3.00. The van der Waals surface area contributed by atoms with Gasteiger partial charge in [-0.3, -0.25) is 0 Å². The van der Waals surface area contributed by atoms with Crippen molar-refractivity contribution in [2.75, 3.05) is 0 Å².